The second-order valence-electron chi connectivity index (χ2n) is 11.8. The first-order chi connectivity index (χ1) is 20.9. The summed E-state index contributed by atoms with van der Waals surface area (Å²) < 4.78 is 30.7. The second-order valence-corrected chi connectivity index (χ2v) is 13.9. The number of aliphatic hydroxyl groups is 1. The summed E-state index contributed by atoms with van der Waals surface area (Å²) in [7, 11) is -4.13. The lowest BCUT2D eigenvalue weighted by Crippen LogP contribution is -2.16. The molecule has 0 bridgehead atoms. The largest absolute Gasteiger partial charge is 0.504 e. The van der Waals surface area contributed by atoms with Crippen LogP contribution in [0.25, 0.3) is 11.0 Å². The summed E-state index contributed by atoms with van der Waals surface area (Å²) in [6.45, 7) is 4.74. The molecule has 0 amide bonds. The van der Waals surface area contributed by atoms with E-state index in [0.29, 0.717) is 12.8 Å². The van der Waals surface area contributed by atoms with Crippen molar-refractivity contribution in [2.75, 3.05) is 13.2 Å². The molecule has 43 heavy (non-hydrogen) atoms. The summed E-state index contributed by atoms with van der Waals surface area (Å²) in [6.07, 6.45) is 23.8. The van der Waals surface area contributed by atoms with Crippen LogP contribution in [0, 0.1) is 0 Å². The number of phenolic OH excluding ortho intramolecular Hbond substituents is 2. The average Bonchev–Trinajstić information content (AvgIpc) is 3.00. The molecular weight excluding hydrogens is 567 g/mol. The van der Waals surface area contributed by atoms with E-state index in [1.807, 2.05) is 0 Å². The fraction of sp³-hybridized carbons (Fsp3) is 0.735. The second kappa shape index (κ2) is 21.8. The Balaban J connectivity index is 1.91. The number of aromatic hydroxyl groups is 2. The summed E-state index contributed by atoms with van der Waals surface area (Å²) >= 11 is 0. The molecule has 0 aliphatic heterocycles. The molecule has 1 aromatic heterocycles. The Labute approximate surface area is 258 Å². The molecule has 8 nitrogen and oxygen atoms in total. The van der Waals surface area contributed by atoms with Crippen molar-refractivity contribution in [3.05, 3.63) is 34.2 Å². The summed E-state index contributed by atoms with van der Waals surface area (Å²) in [6, 6.07) is 2.44. The fourth-order valence-electron chi connectivity index (χ4n) is 5.28. The molecule has 0 aliphatic carbocycles. The van der Waals surface area contributed by atoms with Gasteiger partial charge in [0, 0.05) is 0 Å². The van der Waals surface area contributed by atoms with Crippen LogP contribution in [0.1, 0.15) is 154 Å². The smallest absolute Gasteiger partial charge is 0.363 e. The van der Waals surface area contributed by atoms with Crippen molar-refractivity contribution in [2.45, 2.75) is 148 Å². The predicted octanol–water partition coefficient (Wildman–Crippen LogP) is 10.3. The van der Waals surface area contributed by atoms with Crippen LogP contribution >= 0.6 is 7.60 Å². The monoisotopic (exact) mass is 624 g/mol. The van der Waals surface area contributed by atoms with E-state index >= 15 is 0 Å². The summed E-state index contributed by atoms with van der Waals surface area (Å²) in [5.41, 5.74) is -1.16. The van der Waals surface area contributed by atoms with E-state index in [4.69, 9.17) is 13.5 Å². The Hall–Kier alpha value is -1.86. The van der Waals surface area contributed by atoms with Gasteiger partial charge in [0.05, 0.1) is 24.2 Å². The van der Waals surface area contributed by atoms with Crippen LogP contribution < -0.4 is 5.43 Å². The van der Waals surface area contributed by atoms with Gasteiger partial charge in [-0.05, 0) is 25.0 Å². The molecule has 0 saturated carbocycles. The van der Waals surface area contributed by atoms with Crippen LogP contribution in [-0.4, -0.2) is 28.5 Å². The molecular formula is C34H57O8P. The van der Waals surface area contributed by atoms with E-state index in [0.717, 1.165) is 50.9 Å². The zero-order valence-corrected chi connectivity index (χ0v) is 27.6. The standard InChI is InChI=1S/C34H57O8P/c1-3-5-7-9-11-13-15-17-19-21-25-41-43(39,42-26-22-20-18-16-14-12-10-8-6-4-2)34(38)29-27-40-33-28(31(29)36)23-24-30(35)32(33)37/h23-24,27,34-35,37-38H,3-22,25-26H2,1-2H3. The highest BCUT2D eigenvalue weighted by Crippen LogP contribution is 2.59. The summed E-state index contributed by atoms with van der Waals surface area (Å²) in [4.78, 5) is 13.2. The van der Waals surface area contributed by atoms with E-state index in [1.165, 1.54) is 83.1 Å². The Morgan fingerprint density at radius 3 is 1.56 bits per heavy atom. The number of benzene rings is 1. The zero-order valence-electron chi connectivity index (χ0n) is 26.7. The molecule has 0 spiro atoms. The van der Waals surface area contributed by atoms with Crippen molar-refractivity contribution in [3.63, 3.8) is 0 Å². The number of aliphatic hydroxyl groups excluding tert-OH is 1. The van der Waals surface area contributed by atoms with E-state index in [1.54, 1.807) is 0 Å². The van der Waals surface area contributed by atoms with Crippen LogP contribution in [-0.2, 0) is 13.6 Å². The maximum Gasteiger partial charge on any atom is 0.363 e. The molecule has 0 fully saturated rings. The van der Waals surface area contributed by atoms with Gasteiger partial charge in [0.25, 0.3) is 0 Å². The van der Waals surface area contributed by atoms with Crippen molar-refractivity contribution < 1.29 is 33.3 Å². The topological polar surface area (TPSA) is 126 Å². The third-order valence-corrected chi connectivity index (χ3v) is 10.00. The molecule has 0 saturated heterocycles. The number of unbranched alkanes of at least 4 members (excludes halogenated alkanes) is 18. The van der Waals surface area contributed by atoms with Crippen LogP contribution in [0.15, 0.2) is 27.6 Å². The Bertz CT molecular complexity index is 1100. The third-order valence-electron chi connectivity index (χ3n) is 8.04. The van der Waals surface area contributed by atoms with Gasteiger partial charge in [-0.15, -0.1) is 0 Å². The SMILES string of the molecule is CCCCCCCCCCCCOP(=O)(OCCCCCCCCCCCC)C(O)c1coc2c(O)c(O)ccc2c1=O. The molecule has 1 aromatic carbocycles. The lowest BCUT2D eigenvalue weighted by atomic mass is 10.1. The fourth-order valence-corrected chi connectivity index (χ4v) is 6.92. The Morgan fingerprint density at radius 2 is 1.12 bits per heavy atom. The van der Waals surface area contributed by atoms with Gasteiger partial charge in [0.1, 0.15) is 6.26 Å². The highest BCUT2D eigenvalue weighted by molar-refractivity contribution is 7.54. The van der Waals surface area contributed by atoms with Crippen molar-refractivity contribution in [1.82, 2.24) is 0 Å². The first kappa shape index (κ1) is 37.3. The molecule has 9 heteroatoms. The van der Waals surface area contributed by atoms with Gasteiger partial charge in [-0.2, -0.15) is 0 Å². The normalized spacial score (nSPS) is 12.7. The molecule has 0 aliphatic rings. The Kier molecular flexibility index (Phi) is 18.9. The maximum atomic E-state index is 13.9. The first-order valence-electron chi connectivity index (χ1n) is 16.9. The lowest BCUT2D eigenvalue weighted by molar-refractivity contribution is 0.137. The molecule has 0 radical (unpaired) electrons. The van der Waals surface area contributed by atoms with Crippen molar-refractivity contribution in [3.8, 4) is 11.5 Å². The van der Waals surface area contributed by atoms with E-state index in [9.17, 15) is 24.7 Å². The van der Waals surface area contributed by atoms with E-state index in [2.05, 4.69) is 13.8 Å². The van der Waals surface area contributed by atoms with Crippen molar-refractivity contribution >= 4 is 18.6 Å². The number of hydrogen-bond acceptors (Lipinski definition) is 8. The quantitative estimate of drug-likeness (QED) is 0.0536. The van der Waals surface area contributed by atoms with E-state index < -0.39 is 30.4 Å². The average molecular weight is 625 g/mol. The van der Waals surface area contributed by atoms with Gasteiger partial charge >= 0.3 is 7.60 Å². The first-order valence-corrected chi connectivity index (χ1v) is 18.5. The minimum atomic E-state index is -4.13. The summed E-state index contributed by atoms with van der Waals surface area (Å²) in [5, 5.41) is 30.9. The molecule has 1 unspecified atom stereocenters. The predicted molar refractivity (Wildman–Crippen MR) is 174 cm³/mol. The third kappa shape index (κ3) is 13.3. The molecule has 1 atom stereocenters. The Morgan fingerprint density at radius 1 is 0.698 bits per heavy atom. The van der Waals surface area contributed by atoms with Gasteiger partial charge in [-0.1, -0.05) is 129 Å². The highest BCUT2D eigenvalue weighted by Gasteiger charge is 2.38. The van der Waals surface area contributed by atoms with Crippen molar-refractivity contribution in [2.24, 2.45) is 0 Å². The molecule has 2 aromatic rings. The van der Waals surface area contributed by atoms with Crippen LogP contribution in [0.5, 0.6) is 11.5 Å². The highest BCUT2D eigenvalue weighted by atomic mass is 31.2. The van der Waals surface area contributed by atoms with Gasteiger partial charge in [0.2, 0.25) is 5.75 Å². The van der Waals surface area contributed by atoms with Gasteiger partial charge < -0.3 is 28.8 Å². The lowest BCUT2D eigenvalue weighted by Gasteiger charge is -2.23. The zero-order chi connectivity index (χ0) is 31.3. The number of phenols is 2. The van der Waals surface area contributed by atoms with Crippen LogP contribution in [0.4, 0.5) is 0 Å². The van der Waals surface area contributed by atoms with Crippen LogP contribution in [0.3, 0.4) is 0 Å². The molecule has 1 heterocycles. The number of hydrogen-bond donors (Lipinski definition) is 3. The van der Waals surface area contributed by atoms with E-state index in [-0.39, 0.29) is 29.7 Å². The minimum Gasteiger partial charge on any atom is -0.504 e. The van der Waals surface area contributed by atoms with Gasteiger partial charge in [-0.3, -0.25) is 9.36 Å². The summed E-state index contributed by atoms with van der Waals surface area (Å²) in [5.74, 6) is -2.85. The minimum absolute atomic E-state index is 0.0530. The molecule has 2 rings (SSSR count). The molecule has 246 valence electrons. The van der Waals surface area contributed by atoms with Crippen molar-refractivity contribution in [1.29, 1.82) is 0 Å². The molecule has 3 N–H and O–H groups in total. The maximum absolute atomic E-state index is 13.9. The number of rotatable bonds is 26. The van der Waals surface area contributed by atoms with Gasteiger partial charge in [-0.25, -0.2) is 0 Å². The number of fused-ring (bicyclic) bond motifs is 1. The van der Waals surface area contributed by atoms with Gasteiger partial charge in [0.15, 0.2) is 22.6 Å². The van der Waals surface area contributed by atoms with Crippen LogP contribution in [0.2, 0.25) is 0 Å².